The zero-order valence-corrected chi connectivity index (χ0v) is 25.8. The highest BCUT2D eigenvalue weighted by atomic mass is 127. The van der Waals surface area contributed by atoms with Gasteiger partial charge < -0.3 is 18.9 Å². The lowest BCUT2D eigenvalue weighted by molar-refractivity contribution is -0.143. The smallest absolute Gasteiger partial charge is 0.338 e. The number of aromatic nitrogens is 1. The molecule has 8 nitrogen and oxygen atoms in total. The van der Waals surface area contributed by atoms with E-state index in [9.17, 15) is 9.59 Å². The van der Waals surface area contributed by atoms with E-state index in [1.54, 1.807) is 44.6 Å². The van der Waals surface area contributed by atoms with Crippen molar-refractivity contribution in [3.05, 3.63) is 82.1 Å². The van der Waals surface area contributed by atoms with E-state index in [4.69, 9.17) is 25.4 Å². The van der Waals surface area contributed by atoms with Gasteiger partial charge in [-0.05, 0) is 91.8 Å². The number of rotatable bonds is 9. The number of carbonyl (C=O) groups excluding carboxylic acids is 1. The molecule has 0 saturated carbocycles. The van der Waals surface area contributed by atoms with Crippen molar-refractivity contribution in [3.8, 4) is 29.6 Å². The molecule has 0 amide bonds. The van der Waals surface area contributed by atoms with Crippen LogP contribution in [0.15, 0.2) is 57.5 Å². The number of ether oxygens (including phenoxy) is 4. The lowest BCUT2D eigenvalue weighted by Crippen LogP contribution is -2.40. The second kappa shape index (κ2) is 12.7. The number of halogens is 1. The molecule has 1 aromatic heterocycles. The quantitative estimate of drug-likeness (QED) is 0.193. The minimum Gasteiger partial charge on any atom is -0.494 e. The zero-order chi connectivity index (χ0) is 29.0. The highest BCUT2D eigenvalue weighted by Gasteiger charge is 2.33. The maximum Gasteiger partial charge on any atom is 0.338 e. The Balaban J connectivity index is 1.88. The molecule has 0 bridgehead atoms. The fourth-order valence-electron chi connectivity index (χ4n) is 4.32. The summed E-state index contributed by atoms with van der Waals surface area (Å²) in [7, 11) is 1.54. The van der Waals surface area contributed by atoms with Gasteiger partial charge >= 0.3 is 5.97 Å². The van der Waals surface area contributed by atoms with Crippen molar-refractivity contribution in [1.29, 1.82) is 0 Å². The van der Waals surface area contributed by atoms with E-state index < -0.39 is 12.0 Å². The Labute approximate surface area is 250 Å². The average Bonchev–Trinajstić information content (AvgIpc) is 3.21. The van der Waals surface area contributed by atoms with Crippen LogP contribution in [0, 0.1) is 15.9 Å². The molecule has 2 heterocycles. The van der Waals surface area contributed by atoms with Crippen molar-refractivity contribution in [3.63, 3.8) is 0 Å². The summed E-state index contributed by atoms with van der Waals surface area (Å²) in [5.74, 6) is 3.68. The number of esters is 1. The molecular formula is C30H29IN2O6S. The van der Waals surface area contributed by atoms with Gasteiger partial charge in [0.25, 0.3) is 5.56 Å². The lowest BCUT2D eigenvalue weighted by atomic mass is 9.96. The van der Waals surface area contributed by atoms with Crippen LogP contribution in [0.25, 0.3) is 6.08 Å². The van der Waals surface area contributed by atoms with Gasteiger partial charge in [-0.25, -0.2) is 9.79 Å². The molecule has 0 spiro atoms. The Bertz CT molecular complexity index is 1680. The van der Waals surface area contributed by atoms with Crippen LogP contribution in [0.5, 0.6) is 17.2 Å². The molecule has 3 aromatic rings. The summed E-state index contributed by atoms with van der Waals surface area (Å²) in [5.41, 5.74) is 2.04. The summed E-state index contributed by atoms with van der Waals surface area (Å²) < 4.78 is 25.1. The van der Waals surface area contributed by atoms with E-state index in [0.717, 1.165) is 14.7 Å². The molecule has 0 fully saturated rings. The summed E-state index contributed by atoms with van der Waals surface area (Å²) in [6.07, 6.45) is 6.79. The average molecular weight is 673 g/mol. The monoisotopic (exact) mass is 672 g/mol. The fourth-order valence-corrected chi connectivity index (χ4v) is 6.14. The van der Waals surface area contributed by atoms with Gasteiger partial charge in [0.05, 0.1) is 45.2 Å². The SMILES string of the molecule is C#CCOc1c(I)cc(/C=c2/sc3n(c2=O)[C@H](c2ccc(OCC)cc2)C(C(=O)OC(C)C)=C(C)N=3)cc1OC. The molecule has 0 unspecified atom stereocenters. The number of allylic oxidation sites excluding steroid dienone is 1. The number of fused-ring (bicyclic) bond motifs is 1. The number of terminal acetylenes is 1. The standard InChI is InChI=1S/C30H29IN2O6S/c1-7-13-38-27-22(31)14-19(15-23(27)36-6)16-24-28(34)33-26(20-9-11-21(12-10-20)37-8-2)25(29(35)39-17(3)4)18(5)32-30(33)40-24/h1,9-12,14-17,26H,8,13H2,2-6H3/b24-16+/t26-/m1/s1. The molecule has 0 N–H and O–H groups in total. The number of hydrogen-bond donors (Lipinski definition) is 0. The highest BCUT2D eigenvalue weighted by Crippen LogP contribution is 2.35. The molecule has 0 radical (unpaired) electrons. The molecule has 1 atom stereocenters. The molecule has 4 rings (SSSR count). The van der Waals surface area contributed by atoms with Gasteiger partial charge in [-0.3, -0.25) is 9.36 Å². The molecule has 10 heteroatoms. The van der Waals surface area contributed by atoms with Crippen molar-refractivity contribution in [2.75, 3.05) is 20.3 Å². The second-order valence-electron chi connectivity index (χ2n) is 9.06. The first-order valence-electron chi connectivity index (χ1n) is 12.6. The van der Waals surface area contributed by atoms with Gasteiger partial charge in [0, 0.05) is 0 Å². The first-order chi connectivity index (χ1) is 19.2. The van der Waals surface area contributed by atoms with Gasteiger partial charge in [0.15, 0.2) is 16.3 Å². The van der Waals surface area contributed by atoms with E-state index in [1.807, 2.05) is 37.3 Å². The van der Waals surface area contributed by atoms with Crippen LogP contribution in [0.4, 0.5) is 0 Å². The zero-order valence-electron chi connectivity index (χ0n) is 22.8. The summed E-state index contributed by atoms with van der Waals surface area (Å²) in [5, 5.41) is 0. The normalized spacial score (nSPS) is 14.8. The van der Waals surface area contributed by atoms with E-state index in [-0.39, 0.29) is 18.3 Å². The number of carbonyl (C=O) groups is 1. The Kier molecular flexibility index (Phi) is 9.37. The van der Waals surface area contributed by atoms with Crippen LogP contribution >= 0.6 is 33.9 Å². The Morgan fingerprint density at radius 2 is 1.98 bits per heavy atom. The molecule has 1 aliphatic rings. The fraction of sp³-hybridized carbons (Fsp3) is 0.300. The Morgan fingerprint density at radius 1 is 1.25 bits per heavy atom. The van der Waals surface area contributed by atoms with Crippen molar-refractivity contribution < 1.29 is 23.7 Å². The van der Waals surface area contributed by atoms with Gasteiger partial charge in [-0.15, -0.1) is 6.42 Å². The Hall–Kier alpha value is -3.56. The van der Waals surface area contributed by atoms with E-state index in [2.05, 4.69) is 33.5 Å². The van der Waals surface area contributed by atoms with Crippen LogP contribution in [0.1, 0.15) is 44.9 Å². The lowest BCUT2D eigenvalue weighted by Gasteiger charge is -2.25. The molecule has 0 saturated heterocycles. The first kappa shape index (κ1) is 29.4. The number of thiazole rings is 1. The maximum atomic E-state index is 13.9. The minimum absolute atomic E-state index is 0.108. The highest BCUT2D eigenvalue weighted by molar-refractivity contribution is 14.1. The van der Waals surface area contributed by atoms with Crippen LogP contribution in [0.3, 0.4) is 0 Å². The molecule has 1 aliphatic heterocycles. The van der Waals surface area contributed by atoms with Crippen molar-refractivity contribution in [1.82, 2.24) is 4.57 Å². The molecule has 2 aromatic carbocycles. The number of hydrogen-bond acceptors (Lipinski definition) is 8. The minimum atomic E-state index is -0.713. The second-order valence-corrected chi connectivity index (χ2v) is 11.2. The summed E-state index contributed by atoms with van der Waals surface area (Å²) >= 11 is 3.40. The topological polar surface area (TPSA) is 88.4 Å². The van der Waals surface area contributed by atoms with Crippen molar-refractivity contribution in [2.45, 2.75) is 39.8 Å². The third kappa shape index (κ3) is 6.10. The Morgan fingerprint density at radius 3 is 2.60 bits per heavy atom. The van der Waals surface area contributed by atoms with Crippen LogP contribution < -0.4 is 29.1 Å². The molecule has 40 heavy (non-hydrogen) atoms. The van der Waals surface area contributed by atoms with E-state index in [1.165, 1.54) is 11.3 Å². The largest absolute Gasteiger partial charge is 0.494 e. The van der Waals surface area contributed by atoms with Gasteiger partial charge in [0.1, 0.15) is 12.4 Å². The van der Waals surface area contributed by atoms with Crippen molar-refractivity contribution >= 4 is 46.0 Å². The van der Waals surface area contributed by atoms with E-state index >= 15 is 0 Å². The van der Waals surface area contributed by atoms with Crippen molar-refractivity contribution in [2.24, 2.45) is 4.99 Å². The van der Waals surface area contributed by atoms with Gasteiger partial charge in [0.2, 0.25) is 0 Å². The third-order valence-electron chi connectivity index (χ3n) is 5.94. The van der Waals surface area contributed by atoms with Crippen LogP contribution in [-0.2, 0) is 9.53 Å². The van der Waals surface area contributed by atoms with Gasteiger partial charge in [-0.1, -0.05) is 29.4 Å². The molecule has 0 aliphatic carbocycles. The molecule has 208 valence electrons. The summed E-state index contributed by atoms with van der Waals surface area (Å²) in [6.45, 7) is 7.88. The maximum absolute atomic E-state index is 13.9. The van der Waals surface area contributed by atoms with Crippen LogP contribution in [-0.4, -0.2) is 37.0 Å². The number of methoxy groups -OCH3 is 1. The van der Waals surface area contributed by atoms with Gasteiger partial charge in [-0.2, -0.15) is 0 Å². The third-order valence-corrected chi connectivity index (χ3v) is 7.72. The summed E-state index contributed by atoms with van der Waals surface area (Å²) in [4.78, 5) is 32.3. The van der Waals surface area contributed by atoms with Crippen LogP contribution in [0.2, 0.25) is 0 Å². The summed E-state index contributed by atoms with van der Waals surface area (Å²) in [6, 6.07) is 10.3. The number of nitrogens with zero attached hydrogens (tertiary/aromatic N) is 2. The van der Waals surface area contributed by atoms with E-state index in [0.29, 0.717) is 44.5 Å². The number of benzene rings is 2. The molecular weight excluding hydrogens is 643 g/mol. The predicted octanol–water partition coefficient (Wildman–Crippen LogP) is 4.21. The predicted molar refractivity (Wildman–Crippen MR) is 163 cm³/mol. The first-order valence-corrected chi connectivity index (χ1v) is 14.5.